The topological polar surface area (TPSA) is 75.4 Å². The molecule has 0 unspecified atom stereocenters. The summed E-state index contributed by atoms with van der Waals surface area (Å²) in [4.78, 5) is 24.9. The van der Waals surface area contributed by atoms with Crippen molar-refractivity contribution < 1.29 is 13.7 Å². The molecule has 2 aromatic heterocycles. The van der Waals surface area contributed by atoms with E-state index in [1.807, 2.05) is 6.92 Å². The monoisotopic (exact) mass is 355 g/mol. The maximum Gasteiger partial charge on any atom is 0.263 e. The number of amides is 1. The van der Waals surface area contributed by atoms with Crippen LogP contribution in [-0.2, 0) is 0 Å². The van der Waals surface area contributed by atoms with E-state index in [9.17, 15) is 9.18 Å². The molecular formula is C18H18FN5O2. The molecule has 0 aliphatic carbocycles. The van der Waals surface area contributed by atoms with E-state index in [-0.39, 0.29) is 11.5 Å². The highest BCUT2D eigenvalue weighted by atomic mass is 19.1. The van der Waals surface area contributed by atoms with E-state index in [4.69, 9.17) is 4.52 Å². The van der Waals surface area contributed by atoms with E-state index >= 15 is 0 Å². The Bertz CT molecular complexity index is 958. The van der Waals surface area contributed by atoms with Crippen molar-refractivity contribution in [3.63, 3.8) is 0 Å². The predicted octanol–water partition coefficient (Wildman–Crippen LogP) is 2.42. The first-order valence-corrected chi connectivity index (χ1v) is 8.51. The molecule has 1 fully saturated rings. The van der Waals surface area contributed by atoms with Crippen LogP contribution in [0.5, 0.6) is 0 Å². The van der Waals surface area contributed by atoms with Crippen molar-refractivity contribution in [1.82, 2.24) is 20.0 Å². The lowest BCUT2D eigenvalue weighted by molar-refractivity contribution is 0.0762. The molecule has 3 heterocycles. The minimum Gasteiger partial charge on any atom is -0.354 e. The zero-order valence-electron chi connectivity index (χ0n) is 14.4. The smallest absolute Gasteiger partial charge is 0.263 e. The van der Waals surface area contributed by atoms with Crippen LogP contribution in [0.15, 0.2) is 35.1 Å². The van der Waals surface area contributed by atoms with Gasteiger partial charge in [-0.25, -0.2) is 9.37 Å². The summed E-state index contributed by atoms with van der Waals surface area (Å²) >= 11 is 0. The van der Waals surface area contributed by atoms with Gasteiger partial charge in [-0.2, -0.15) is 4.98 Å². The van der Waals surface area contributed by atoms with Crippen molar-refractivity contribution in [3.05, 3.63) is 47.7 Å². The van der Waals surface area contributed by atoms with Gasteiger partial charge in [0.2, 0.25) is 0 Å². The molecule has 134 valence electrons. The number of rotatable bonds is 2. The molecule has 0 spiro atoms. The average molecular weight is 355 g/mol. The summed E-state index contributed by atoms with van der Waals surface area (Å²) in [6, 6.07) is 6.09. The second-order valence-electron chi connectivity index (χ2n) is 6.26. The third-order valence-corrected chi connectivity index (χ3v) is 4.61. The lowest BCUT2D eigenvalue weighted by Crippen LogP contribution is -2.35. The minimum absolute atomic E-state index is 0.111. The fourth-order valence-electron chi connectivity index (χ4n) is 3.28. The van der Waals surface area contributed by atoms with Crippen molar-refractivity contribution in [2.75, 3.05) is 31.1 Å². The van der Waals surface area contributed by atoms with E-state index in [1.165, 1.54) is 18.5 Å². The van der Waals surface area contributed by atoms with Crippen molar-refractivity contribution in [2.24, 2.45) is 0 Å². The first kappa shape index (κ1) is 16.4. The number of carbonyl (C=O) groups excluding carboxylic acids is 1. The average Bonchev–Trinajstić information content (AvgIpc) is 2.89. The summed E-state index contributed by atoms with van der Waals surface area (Å²) < 4.78 is 19.1. The lowest BCUT2D eigenvalue weighted by atomic mass is 10.2. The van der Waals surface area contributed by atoms with Crippen LogP contribution in [0.2, 0.25) is 0 Å². The third kappa shape index (κ3) is 2.87. The van der Waals surface area contributed by atoms with Crippen molar-refractivity contribution in [1.29, 1.82) is 0 Å². The Morgan fingerprint density at radius 2 is 2.00 bits per heavy atom. The maximum atomic E-state index is 13.9. The number of carbonyl (C=O) groups is 1. The Kier molecular flexibility index (Phi) is 4.24. The Labute approximate surface area is 149 Å². The quantitative estimate of drug-likeness (QED) is 0.703. The molecule has 8 heteroatoms. The first-order valence-electron chi connectivity index (χ1n) is 8.51. The van der Waals surface area contributed by atoms with Crippen LogP contribution in [0.25, 0.3) is 11.1 Å². The summed E-state index contributed by atoms with van der Waals surface area (Å²) in [6.45, 7) is 4.24. The van der Waals surface area contributed by atoms with Crippen LogP contribution in [0.1, 0.15) is 22.5 Å². The zero-order valence-corrected chi connectivity index (χ0v) is 14.4. The Balaban J connectivity index is 1.56. The molecule has 0 N–H and O–H groups in total. The van der Waals surface area contributed by atoms with E-state index in [2.05, 4.69) is 20.0 Å². The molecule has 1 saturated heterocycles. The highest BCUT2D eigenvalue weighted by molar-refractivity contribution is 5.94. The first-order chi connectivity index (χ1) is 12.6. The third-order valence-electron chi connectivity index (χ3n) is 4.61. The molecule has 0 atom stereocenters. The lowest BCUT2D eigenvalue weighted by Gasteiger charge is -2.23. The van der Waals surface area contributed by atoms with Crippen LogP contribution >= 0.6 is 0 Å². The predicted molar refractivity (Wildman–Crippen MR) is 93.5 cm³/mol. The van der Waals surface area contributed by atoms with Gasteiger partial charge in [0.1, 0.15) is 23.3 Å². The van der Waals surface area contributed by atoms with Gasteiger partial charge in [-0.15, -0.1) is 0 Å². The van der Waals surface area contributed by atoms with Crippen LogP contribution in [-0.4, -0.2) is 52.1 Å². The van der Waals surface area contributed by atoms with Crippen molar-refractivity contribution in [2.45, 2.75) is 13.3 Å². The van der Waals surface area contributed by atoms with E-state index < -0.39 is 5.82 Å². The summed E-state index contributed by atoms with van der Waals surface area (Å²) in [5.74, 6) is -0.0101. The number of hydrogen-bond acceptors (Lipinski definition) is 6. The molecule has 7 nitrogen and oxygen atoms in total. The molecule has 1 aliphatic rings. The second kappa shape index (κ2) is 6.70. The SMILES string of the molecule is Cc1noc2ncnc(N3CCCN(C(=O)c4ccccc4F)CC3)c12. The number of benzene rings is 1. The number of aromatic nitrogens is 3. The van der Waals surface area contributed by atoms with Crippen LogP contribution in [0, 0.1) is 12.7 Å². The molecule has 0 bridgehead atoms. The molecule has 4 rings (SSSR count). The molecule has 26 heavy (non-hydrogen) atoms. The largest absolute Gasteiger partial charge is 0.354 e. The number of halogens is 1. The van der Waals surface area contributed by atoms with E-state index in [0.29, 0.717) is 25.3 Å². The molecule has 1 aliphatic heterocycles. The van der Waals surface area contributed by atoms with Gasteiger partial charge in [-0.1, -0.05) is 17.3 Å². The van der Waals surface area contributed by atoms with Crippen LogP contribution < -0.4 is 4.90 Å². The van der Waals surface area contributed by atoms with Crippen molar-refractivity contribution in [3.8, 4) is 0 Å². The van der Waals surface area contributed by atoms with Crippen molar-refractivity contribution >= 4 is 22.8 Å². The Hall–Kier alpha value is -3.03. The molecule has 1 aromatic carbocycles. The number of nitrogens with zero attached hydrogens (tertiary/aromatic N) is 5. The number of hydrogen-bond donors (Lipinski definition) is 0. The summed E-state index contributed by atoms with van der Waals surface area (Å²) in [5.41, 5.74) is 1.30. The molecule has 1 amide bonds. The van der Waals surface area contributed by atoms with Gasteiger partial charge < -0.3 is 14.3 Å². The van der Waals surface area contributed by atoms with Gasteiger partial charge in [0, 0.05) is 26.2 Å². The summed E-state index contributed by atoms with van der Waals surface area (Å²) in [6.07, 6.45) is 2.21. The summed E-state index contributed by atoms with van der Waals surface area (Å²) in [7, 11) is 0. The van der Waals surface area contributed by atoms with Gasteiger partial charge in [0.15, 0.2) is 0 Å². The van der Waals surface area contributed by atoms with E-state index in [1.54, 1.807) is 17.0 Å². The number of aryl methyl sites for hydroxylation is 1. The fraction of sp³-hybridized carbons (Fsp3) is 0.333. The van der Waals surface area contributed by atoms with Gasteiger partial charge >= 0.3 is 0 Å². The Morgan fingerprint density at radius 1 is 1.15 bits per heavy atom. The fourth-order valence-corrected chi connectivity index (χ4v) is 3.28. The molecule has 3 aromatic rings. The summed E-state index contributed by atoms with van der Waals surface area (Å²) in [5, 5.41) is 4.75. The van der Waals surface area contributed by atoms with Gasteiger partial charge in [-0.3, -0.25) is 4.79 Å². The van der Waals surface area contributed by atoms with Crippen LogP contribution in [0.3, 0.4) is 0 Å². The van der Waals surface area contributed by atoms with Gasteiger partial charge in [0.05, 0.1) is 11.3 Å². The van der Waals surface area contributed by atoms with Gasteiger partial charge in [-0.05, 0) is 25.5 Å². The minimum atomic E-state index is -0.490. The maximum absolute atomic E-state index is 13.9. The normalized spacial score (nSPS) is 15.3. The highest BCUT2D eigenvalue weighted by Gasteiger charge is 2.24. The number of anilines is 1. The van der Waals surface area contributed by atoms with E-state index in [0.717, 1.165) is 29.9 Å². The Morgan fingerprint density at radius 3 is 2.85 bits per heavy atom. The standard InChI is InChI=1S/C18H18FN5O2/c1-12-15-16(20-11-21-17(15)26-22-12)23-7-4-8-24(10-9-23)18(25)13-5-2-3-6-14(13)19/h2-3,5-6,11H,4,7-10H2,1H3. The second-order valence-corrected chi connectivity index (χ2v) is 6.26. The molecular weight excluding hydrogens is 337 g/mol. The van der Waals surface area contributed by atoms with Crippen LogP contribution in [0.4, 0.5) is 10.2 Å². The zero-order chi connectivity index (χ0) is 18.1. The number of fused-ring (bicyclic) bond motifs is 1. The molecule has 0 radical (unpaired) electrons. The highest BCUT2D eigenvalue weighted by Crippen LogP contribution is 2.26. The molecule has 0 saturated carbocycles. The van der Waals surface area contributed by atoms with Gasteiger partial charge in [0.25, 0.3) is 11.6 Å².